The number of rotatable bonds is 43. The van der Waals surface area contributed by atoms with Crippen molar-refractivity contribution in [3.05, 3.63) is 36.5 Å². The topological polar surface area (TPSA) is 78.9 Å². The Morgan fingerprint density at radius 3 is 1.05 bits per heavy atom. The lowest BCUT2D eigenvalue weighted by Crippen LogP contribution is -2.30. The Kier molecular flexibility index (Phi) is 43.4. The first kappa shape index (κ1) is 53.6. The van der Waals surface area contributed by atoms with Gasteiger partial charge in [0.1, 0.15) is 13.2 Å². The molecular weight excluding hydrogens is 697 g/mol. The number of esters is 3. The van der Waals surface area contributed by atoms with Gasteiger partial charge in [-0.05, 0) is 77.0 Å². The van der Waals surface area contributed by atoms with Gasteiger partial charge in [-0.3, -0.25) is 14.4 Å². The van der Waals surface area contributed by atoms with Gasteiger partial charge in [0, 0.05) is 19.3 Å². The Labute approximate surface area is 346 Å². The van der Waals surface area contributed by atoms with Crippen molar-refractivity contribution in [2.24, 2.45) is 0 Å². The highest BCUT2D eigenvalue weighted by atomic mass is 16.6. The van der Waals surface area contributed by atoms with E-state index in [-0.39, 0.29) is 31.1 Å². The lowest BCUT2D eigenvalue weighted by atomic mass is 10.1. The lowest BCUT2D eigenvalue weighted by molar-refractivity contribution is -0.167. The van der Waals surface area contributed by atoms with Gasteiger partial charge in [-0.1, -0.05) is 186 Å². The van der Waals surface area contributed by atoms with Crippen molar-refractivity contribution >= 4 is 17.9 Å². The van der Waals surface area contributed by atoms with Crippen LogP contribution in [0.2, 0.25) is 0 Å². The molecule has 0 aliphatic heterocycles. The van der Waals surface area contributed by atoms with Gasteiger partial charge in [0.25, 0.3) is 0 Å². The quantitative estimate of drug-likeness (QED) is 0.0265. The summed E-state index contributed by atoms with van der Waals surface area (Å²) in [7, 11) is 0. The van der Waals surface area contributed by atoms with Crippen LogP contribution in [0.5, 0.6) is 0 Å². The van der Waals surface area contributed by atoms with Crippen molar-refractivity contribution in [1.82, 2.24) is 0 Å². The van der Waals surface area contributed by atoms with E-state index in [1.165, 1.54) is 116 Å². The van der Waals surface area contributed by atoms with Gasteiger partial charge in [0.2, 0.25) is 0 Å². The normalized spacial score (nSPS) is 12.3. The molecule has 1 atom stereocenters. The predicted molar refractivity (Wildman–Crippen MR) is 238 cm³/mol. The summed E-state index contributed by atoms with van der Waals surface area (Å²) in [5.74, 6) is -0.899. The van der Waals surface area contributed by atoms with Gasteiger partial charge >= 0.3 is 17.9 Å². The minimum atomic E-state index is -0.776. The van der Waals surface area contributed by atoms with Crippen LogP contribution in [-0.4, -0.2) is 37.2 Å². The first-order valence-corrected chi connectivity index (χ1v) is 24.0. The molecule has 0 N–H and O–H groups in total. The SMILES string of the molecule is CCCCC/C=C\CCCCCCCC(=O)OC(COC(=O)CCCCCCC/C=C\C/C=C\CCCCCC)COC(=O)CCCCCCCCCCCC. The van der Waals surface area contributed by atoms with Gasteiger partial charge in [0.15, 0.2) is 6.10 Å². The zero-order chi connectivity index (χ0) is 40.8. The van der Waals surface area contributed by atoms with Crippen molar-refractivity contribution in [3.63, 3.8) is 0 Å². The Hall–Kier alpha value is -2.37. The summed E-state index contributed by atoms with van der Waals surface area (Å²) >= 11 is 0. The Morgan fingerprint density at radius 1 is 0.357 bits per heavy atom. The highest BCUT2D eigenvalue weighted by molar-refractivity contribution is 5.71. The van der Waals surface area contributed by atoms with Crippen LogP contribution in [-0.2, 0) is 28.6 Å². The summed E-state index contributed by atoms with van der Waals surface area (Å²) in [6.07, 6.45) is 51.2. The van der Waals surface area contributed by atoms with Crippen molar-refractivity contribution in [2.45, 2.75) is 252 Å². The van der Waals surface area contributed by atoms with Crippen molar-refractivity contribution in [2.75, 3.05) is 13.2 Å². The van der Waals surface area contributed by atoms with Crippen LogP contribution >= 0.6 is 0 Å². The van der Waals surface area contributed by atoms with Crippen LogP contribution in [0.4, 0.5) is 0 Å². The molecule has 0 saturated heterocycles. The summed E-state index contributed by atoms with van der Waals surface area (Å²) in [5.41, 5.74) is 0. The minimum absolute atomic E-state index is 0.0780. The van der Waals surface area contributed by atoms with Crippen LogP contribution in [0.3, 0.4) is 0 Å². The molecule has 0 fully saturated rings. The number of carbonyl (C=O) groups excluding carboxylic acids is 3. The van der Waals surface area contributed by atoms with Gasteiger partial charge in [0.05, 0.1) is 0 Å². The fourth-order valence-corrected chi connectivity index (χ4v) is 6.70. The molecule has 0 rings (SSSR count). The molecule has 0 radical (unpaired) electrons. The Bertz CT molecular complexity index is 953. The van der Waals surface area contributed by atoms with E-state index < -0.39 is 6.10 Å². The van der Waals surface area contributed by atoms with E-state index in [2.05, 4.69) is 57.2 Å². The van der Waals surface area contributed by atoms with Gasteiger partial charge < -0.3 is 14.2 Å². The van der Waals surface area contributed by atoms with Crippen molar-refractivity contribution < 1.29 is 28.6 Å². The predicted octanol–water partition coefficient (Wildman–Crippen LogP) is 15.4. The molecule has 0 aromatic heterocycles. The van der Waals surface area contributed by atoms with E-state index in [0.717, 1.165) is 89.9 Å². The number of hydrogen-bond donors (Lipinski definition) is 0. The van der Waals surface area contributed by atoms with Crippen LogP contribution in [0.25, 0.3) is 0 Å². The van der Waals surface area contributed by atoms with E-state index in [1.807, 2.05) is 0 Å². The second kappa shape index (κ2) is 45.3. The number of carbonyl (C=O) groups is 3. The third-order valence-corrected chi connectivity index (χ3v) is 10.4. The molecule has 1 unspecified atom stereocenters. The second-order valence-electron chi connectivity index (χ2n) is 16.0. The van der Waals surface area contributed by atoms with Crippen molar-refractivity contribution in [1.29, 1.82) is 0 Å². The molecule has 0 amide bonds. The maximum Gasteiger partial charge on any atom is 0.306 e. The number of unbranched alkanes of at least 4 members (excludes halogenated alkanes) is 26. The molecule has 0 saturated carbocycles. The Morgan fingerprint density at radius 2 is 0.643 bits per heavy atom. The summed E-state index contributed by atoms with van der Waals surface area (Å²) in [4.78, 5) is 37.8. The van der Waals surface area contributed by atoms with Gasteiger partial charge in [-0.2, -0.15) is 0 Å². The molecule has 0 aromatic rings. The van der Waals surface area contributed by atoms with Crippen molar-refractivity contribution in [3.8, 4) is 0 Å². The second-order valence-corrected chi connectivity index (χ2v) is 16.0. The van der Waals surface area contributed by atoms with E-state index in [9.17, 15) is 14.4 Å². The molecule has 56 heavy (non-hydrogen) atoms. The zero-order valence-electron chi connectivity index (χ0n) is 37.2. The first-order valence-electron chi connectivity index (χ1n) is 24.0. The maximum atomic E-state index is 12.7. The molecule has 0 aliphatic rings. The van der Waals surface area contributed by atoms with Crippen LogP contribution < -0.4 is 0 Å². The van der Waals surface area contributed by atoms with Gasteiger partial charge in [-0.25, -0.2) is 0 Å². The first-order chi connectivity index (χ1) is 27.5. The average molecular weight is 787 g/mol. The number of allylic oxidation sites excluding steroid dienone is 6. The molecular formula is C50H90O6. The molecule has 6 heteroatoms. The van der Waals surface area contributed by atoms with E-state index in [1.54, 1.807) is 0 Å². The average Bonchev–Trinajstić information content (AvgIpc) is 3.19. The molecule has 6 nitrogen and oxygen atoms in total. The van der Waals surface area contributed by atoms with E-state index in [0.29, 0.717) is 19.3 Å². The zero-order valence-corrected chi connectivity index (χ0v) is 37.2. The fraction of sp³-hybridized carbons (Fsp3) is 0.820. The van der Waals surface area contributed by atoms with E-state index in [4.69, 9.17) is 14.2 Å². The number of hydrogen-bond acceptors (Lipinski definition) is 6. The molecule has 0 aliphatic carbocycles. The monoisotopic (exact) mass is 787 g/mol. The summed E-state index contributed by atoms with van der Waals surface area (Å²) < 4.78 is 16.7. The summed E-state index contributed by atoms with van der Waals surface area (Å²) in [6.45, 7) is 6.57. The maximum absolute atomic E-state index is 12.7. The van der Waals surface area contributed by atoms with Crippen LogP contribution in [0.1, 0.15) is 245 Å². The molecule has 0 aromatic carbocycles. The third kappa shape index (κ3) is 42.8. The highest BCUT2D eigenvalue weighted by Gasteiger charge is 2.19. The molecule has 0 bridgehead atoms. The summed E-state index contributed by atoms with van der Waals surface area (Å²) in [6, 6.07) is 0. The van der Waals surface area contributed by atoms with Crippen LogP contribution in [0, 0.1) is 0 Å². The Balaban J connectivity index is 4.37. The fourth-order valence-electron chi connectivity index (χ4n) is 6.70. The highest BCUT2D eigenvalue weighted by Crippen LogP contribution is 2.14. The minimum Gasteiger partial charge on any atom is -0.462 e. The smallest absolute Gasteiger partial charge is 0.306 e. The molecule has 326 valence electrons. The van der Waals surface area contributed by atoms with Gasteiger partial charge in [-0.15, -0.1) is 0 Å². The standard InChI is InChI=1S/C50H90O6/c1-4-7-10-13-16-19-22-24-25-26-27-29-31-34-37-40-43-49(52)55-46-47(45-54-48(51)42-39-36-33-30-21-18-15-12-9-6-3)56-50(53)44-41-38-35-32-28-23-20-17-14-11-8-5-2/h17,19-20,22,25-26,47H,4-16,18,21,23-24,27-46H2,1-3H3/b20-17-,22-19-,26-25-. The third-order valence-electron chi connectivity index (χ3n) is 10.4. The summed E-state index contributed by atoms with van der Waals surface area (Å²) in [5, 5.41) is 0. The lowest BCUT2D eigenvalue weighted by Gasteiger charge is -2.18. The van der Waals surface area contributed by atoms with E-state index >= 15 is 0 Å². The van der Waals surface area contributed by atoms with Crippen LogP contribution in [0.15, 0.2) is 36.5 Å². The molecule has 0 heterocycles. The largest absolute Gasteiger partial charge is 0.462 e. The molecule has 0 spiro atoms. The number of ether oxygens (including phenoxy) is 3.